The molecule has 0 spiro atoms. The lowest BCUT2D eigenvalue weighted by molar-refractivity contribution is -0.165. The maximum atomic E-state index is 12.5. The van der Waals surface area contributed by atoms with Crippen LogP contribution in [0.3, 0.4) is 0 Å². The molecule has 1 heterocycles. The van der Waals surface area contributed by atoms with E-state index in [0.29, 0.717) is 15.6 Å². The van der Waals surface area contributed by atoms with E-state index >= 15 is 0 Å². The maximum Gasteiger partial charge on any atom is 0.290 e. The van der Waals surface area contributed by atoms with Gasteiger partial charge in [-0.05, 0) is 24.6 Å². The average Bonchev–Trinajstić information content (AvgIpc) is 2.60. The highest BCUT2D eigenvalue weighted by Crippen LogP contribution is 2.22. The first kappa shape index (κ1) is 19.8. The number of hydrogen-bond donors (Lipinski definition) is 0. The lowest BCUT2D eigenvalue weighted by atomic mass is 10.0. The van der Waals surface area contributed by atoms with Crippen molar-refractivity contribution in [3.8, 4) is 6.07 Å². The van der Waals surface area contributed by atoms with E-state index in [1.807, 2.05) is 13.8 Å². The van der Waals surface area contributed by atoms with Gasteiger partial charge in [-0.1, -0.05) is 32.0 Å². The van der Waals surface area contributed by atoms with Gasteiger partial charge in [-0.25, -0.2) is 0 Å². The highest BCUT2D eigenvalue weighted by molar-refractivity contribution is 6.15. The SMILES string of the molecule is CC.CC(=O)N(C(=O)c1ccccc1)N1C(=O)CC(C)=C(C#N)C1=O. The molecule has 7 heteroatoms. The number of carbonyl (C=O) groups is 4. The molecule has 2 rings (SSSR count). The number of benzene rings is 1. The number of carbonyl (C=O) groups excluding carboxylic acids is 4. The van der Waals surface area contributed by atoms with Crippen molar-refractivity contribution in [3.63, 3.8) is 0 Å². The van der Waals surface area contributed by atoms with E-state index in [4.69, 9.17) is 5.26 Å². The number of nitrogens with zero attached hydrogens (tertiary/aromatic N) is 3. The number of nitriles is 1. The second-order valence-electron chi connectivity index (χ2n) is 4.96. The highest BCUT2D eigenvalue weighted by atomic mass is 16.2. The van der Waals surface area contributed by atoms with Crippen LogP contribution in [0.2, 0.25) is 0 Å². The molecule has 0 saturated carbocycles. The summed E-state index contributed by atoms with van der Waals surface area (Å²) in [6.07, 6.45) is -0.208. The van der Waals surface area contributed by atoms with E-state index in [0.717, 1.165) is 6.92 Å². The third-order valence-corrected chi connectivity index (χ3v) is 3.31. The van der Waals surface area contributed by atoms with Crippen molar-refractivity contribution in [2.75, 3.05) is 0 Å². The van der Waals surface area contributed by atoms with Crippen LogP contribution in [-0.2, 0) is 14.4 Å². The zero-order valence-corrected chi connectivity index (χ0v) is 14.6. The maximum absolute atomic E-state index is 12.5. The number of hydrazine groups is 1. The lowest BCUT2D eigenvalue weighted by Crippen LogP contribution is -2.56. The standard InChI is InChI=1S/C16H13N3O4.C2H6/c1-10-8-14(21)19(16(23)13(10)9-17)18(11(2)20)15(22)12-6-4-3-5-7-12;1-2/h3-7H,8H2,1-2H3;1-2H3. The van der Waals surface area contributed by atoms with E-state index in [1.54, 1.807) is 24.3 Å². The van der Waals surface area contributed by atoms with Gasteiger partial charge in [0.25, 0.3) is 17.7 Å². The van der Waals surface area contributed by atoms with Crippen molar-refractivity contribution in [1.29, 1.82) is 5.26 Å². The Balaban J connectivity index is 0.00000151. The second-order valence-corrected chi connectivity index (χ2v) is 4.96. The van der Waals surface area contributed by atoms with Crippen molar-refractivity contribution >= 4 is 23.6 Å². The number of rotatable bonds is 2. The Morgan fingerprint density at radius 3 is 2.20 bits per heavy atom. The summed E-state index contributed by atoms with van der Waals surface area (Å²) in [5.74, 6) is -3.30. The van der Waals surface area contributed by atoms with Crippen molar-refractivity contribution < 1.29 is 19.2 Å². The molecule has 130 valence electrons. The summed E-state index contributed by atoms with van der Waals surface area (Å²) in [5, 5.41) is 9.98. The Bertz CT molecular complexity index is 775. The smallest absolute Gasteiger partial charge is 0.273 e. The summed E-state index contributed by atoms with van der Waals surface area (Å²) in [5.41, 5.74) is 0.221. The highest BCUT2D eigenvalue weighted by Gasteiger charge is 2.40. The summed E-state index contributed by atoms with van der Waals surface area (Å²) >= 11 is 0. The number of hydrogen-bond acceptors (Lipinski definition) is 5. The van der Waals surface area contributed by atoms with Gasteiger partial charge in [0, 0.05) is 12.5 Å². The van der Waals surface area contributed by atoms with Crippen LogP contribution >= 0.6 is 0 Å². The molecule has 1 aliphatic rings. The van der Waals surface area contributed by atoms with Gasteiger partial charge >= 0.3 is 0 Å². The van der Waals surface area contributed by atoms with Gasteiger partial charge in [-0.15, -0.1) is 0 Å². The monoisotopic (exact) mass is 341 g/mol. The Morgan fingerprint density at radius 1 is 1.16 bits per heavy atom. The van der Waals surface area contributed by atoms with Crippen molar-refractivity contribution in [3.05, 3.63) is 47.0 Å². The Kier molecular flexibility index (Phi) is 6.76. The van der Waals surface area contributed by atoms with E-state index in [-0.39, 0.29) is 17.6 Å². The summed E-state index contributed by atoms with van der Waals surface area (Å²) in [6.45, 7) is 6.56. The molecule has 1 aromatic rings. The summed E-state index contributed by atoms with van der Waals surface area (Å²) in [6, 6.07) is 9.51. The third kappa shape index (κ3) is 3.98. The van der Waals surface area contributed by atoms with Crippen LogP contribution in [0.5, 0.6) is 0 Å². The zero-order valence-electron chi connectivity index (χ0n) is 14.6. The quantitative estimate of drug-likeness (QED) is 0.768. The minimum atomic E-state index is -0.972. The third-order valence-electron chi connectivity index (χ3n) is 3.31. The summed E-state index contributed by atoms with van der Waals surface area (Å²) < 4.78 is 0. The first-order valence-electron chi connectivity index (χ1n) is 7.75. The molecule has 0 bridgehead atoms. The average molecular weight is 341 g/mol. The van der Waals surface area contributed by atoms with Crippen molar-refractivity contribution in [2.24, 2.45) is 0 Å². The molecule has 0 radical (unpaired) electrons. The molecule has 0 aromatic heterocycles. The van der Waals surface area contributed by atoms with Gasteiger partial charge < -0.3 is 0 Å². The van der Waals surface area contributed by atoms with Crippen LogP contribution < -0.4 is 0 Å². The molecule has 0 aliphatic carbocycles. The largest absolute Gasteiger partial charge is 0.290 e. The summed E-state index contributed by atoms with van der Waals surface area (Å²) in [7, 11) is 0. The van der Waals surface area contributed by atoms with Gasteiger partial charge in [-0.2, -0.15) is 15.3 Å². The molecule has 0 fully saturated rings. The normalized spacial score (nSPS) is 13.6. The second kappa shape index (κ2) is 8.55. The van der Waals surface area contributed by atoms with Crippen LogP contribution in [0.25, 0.3) is 0 Å². The molecule has 7 nitrogen and oxygen atoms in total. The minimum Gasteiger partial charge on any atom is -0.273 e. The molecular weight excluding hydrogens is 322 g/mol. The Morgan fingerprint density at radius 2 is 1.72 bits per heavy atom. The van der Waals surface area contributed by atoms with Gasteiger partial charge in [-0.3, -0.25) is 19.2 Å². The molecule has 0 saturated heterocycles. The molecule has 25 heavy (non-hydrogen) atoms. The molecule has 4 amide bonds. The van der Waals surface area contributed by atoms with E-state index < -0.39 is 23.6 Å². The minimum absolute atomic E-state index is 0.146. The van der Waals surface area contributed by atoms with Gasteiger partial charge in [0.15, 0.2) is 0 Å². The van der Waals surface area contributed by atoms with E-state index in [2.05, 4.69) is 0 Å². The molecule has 0 atom stereocenters. The fraction of sp³-hybridized carbons (Fsp3) is 0.278. The lowest BCUT2D eigenvalue weighted by Gasteiger charge is -2.33. The van der Waals surface area contributed by atoms with Crippen LogP contribution in [-0.4, -0.2) is 33.6 Å². The van der Waals surface area contributed by atoms with Gasteiger partial charge in [0.05, 0.1) is 6.42 Å². The summed E-state index contributed by atoms with van der Waals surface area (Å²) in [4.78, 5) is 48.9. The Labute approximate surface area is 146 Å². The van der Waals surface area contributed by atoms with Gasteiger partial charge in [0.1, 0.15) is 11.6 Å². The number of imide groups is 2. The van der Waals surface area contributed by atoms with Gasteiger partial charge in [0.2, 0.25) is 5.91 Å². The predicted octanol–water partition coefficient (Wildman–Crippen LogP) is 2.22. The van der Waals surface area contributed by atoms with Crippen molar-refractivity contribution in [1.82, 2.24) is 10.0 Å². The molecule has 1 aromatic carbocycles. The first-order valence-corrected chi connectivity index (χ1v) is 7.75. The Hall–Kier alpha value is -3.27. The zero-order chi connectivity index (χ0) is 19.1. The van der Waals surface area contributed by atoms with E-state index in [9.17, 15) is 19.2 Å². The van der Waals surface area contributed by atoms with Crippen LogP contribution in [0.1, 0.15) is 44.5 Å². The molecular formula is C18H19N3O4. The van der Waals surface area contributed by atoms with Crippen molar-refractivity contribution in [2.45, 2.75) is 34.1 Å². The topological polar surface area (TPSA) is 98.6 Å². The molecule has 1 aliphatic heterocycles. The molecule has 0 N–H and O–H groups in total. The van der Waals surface area contributed by atoms with Crippen LogP contribution in [0.15, 0.2) is 41.5 Å². The van der Waals surface area contributed by atoms with Crippen LogP contribution in [0.4, 0.5) is 0 Å². The number of amides is 4. The molecule has 0 unspecified atom stereocenters. The first-order chi connectivity index (χ1) is 11.9. The fourth-order valence-electron chi connectivity index (χ4n) is 2.22. The van der Waals surface area contributed by atoms with Crippen LogP contribution in [0, 0.1) is 11.3 Å². The fourth-order valence-corrected chi connectivity index (χ4v) is 2.22. The predicted molar refractivity (Wildman–Crippen MR) is 89.4 cm³/mol. The van der Waals surface area contributed by atoms with E-state index in [1.165, 1.54) is 19.1 Å².